The van der Waals surface area contributed by atoms with Gasteiger partial charge in [-0.25, -0.2) is 0 Å². The maximum atomic E-state index is 11.7. The Morgan fingerprint density at radius 2 is 1.89 bits per heavy atom. The van der Waals surface area contributed by atoms with Gasteiger partial charge >= 0.3 is 5.97 Å². The van der Waals surface area contributed by atoms with Gasteiger partial charge in [-0.1, -0.05) is 19.3 Å². The summed E-state index contributed by atoms with van der Waals surface area (Å²) >= 11 is 0. The molecule has 1 aliphatic carbocycles. The van der Waals surface area contributed by atoms with Crippen molar-refractivity contribution in [2.75, 3.05) is 7.11 Å². The Balaban J connectivity index is 0.00000324. The smallest absolute Gasteiger partial charge is 0.307 e. The van der Waals surface area contributed by atoms with Gasteiger partial charge in [0.15, 0.2) is 0 Å². The minimum absolute atomic E-state index is 0. The summed E-state index contributed by atoms with van der Waals surface area (Å²) in [6.07, 6.45) is 5.91. The number of amides is 1. The molecule has 1 fully saturated rings. The second-order valence-electron chi connectivity index (χ2n) is 5.08. The van der Waals surface area contributed by atoms with Crippen molar-refractivity contribution in [3.8, 4) is 0 Å². The number of methoxy groups -OCH3 is 1. The van der Waals surface area contributed by atoms with E-state index in [1.807, 2.05) is 0 Å². The summed E-state index contributed by atoms with van der Waals surface area (Å²) in [5.41, 5.74) is 5.55. The average molecular weight is 293 g/mol. The van der Waals surface area contributed by atoms with E-state index in [-0.39, 0.29) is 36.7 Å². The third-order valence-electron chi connectivity index (χ3n) is 3.57. The second kappa shape index (κ2) is 9.15. The Morgan fingerprint density at radius 1 is 1.32 bits per heavy atom. The van der Waals surface area contributed by atoms with Crippen LogP contribution in [-0.4, -0.2) is 31.1 Å². The summed E-state index contributed by atoms with van der Waals surface area (Å²) in [6.45, 7) is 1.64. The highest BCUT2D eigenvalue weighted by atomic mass is 35.5. The first kappa shape index (κ1) is 18.2. The molecule has 0 radical (unpaired) electrons. The van der Waals surface area contributed by atoms with Crippen molar-refractivity contribution in [3.63, 3.8) is 0 Å². The van der Waals surface area contributed by atoms with E-state index in [9.17, 15) is 9.59 Å². The van der Waals surface area contributed by atoms with Gasteiger partial charge in [0.1, 0.15) is 0 Å². The van der Waals surface area contributed by atoms with Crippen molar-refractivity contribution in [3.05, 3.63) is 0 Å². The molecule has 0 spiro atoms. The molecule has 0 bridgehead atoms. The first-order valence-electron chi connectivity index (χ1n) is 6.67. The number of carbonyl (C=O) groups excluding carboxylic acids is 2. The normalized spacial score (nSPS) is 18.9. The van der Waals surface area contributed by atoms with Crippen molar-refractivity contribution < 1.29 is 14.3 Å². The number of ether oxygens (including phenoxy) is 1. The highest BCUT2D eigenvalue weighted by Crippen LogP contribution is 2.28. The standard InChI is InChI=1S/C13H24N2O3.ClH/c1-9(14)13(17)15-11(8-12(16)18-2)10-6-4-3-5-7-10;/h9-11H,3-8,14H2,1-2H3,(H,15,17);1H/t9-,11?;/m1./s1. The summed E-state index contributed by atoms with van der Waals surface area (Å²) < 4.78 is 4.69. The zero-order chi connectivity index (χ0) is 13.5. The third kappa shape index (κ3) is 6.25. The van der Waals surface area contributed by atoms with Gasteiger partial charge in [0.2, 0.25) is 5.91 Å². The molecule has 0 aromatic carbocycles. The van der Waals surface area contributed by atoms with Crippen LogP contribution < -0.4 is 11.1 Å². The van der Waals surface area contributed by atoms with Crippen molar-refractivity contribution in [2.24, 2.45) is 11.7 Å². The first-order chi connectivity index (χ1) is 8.54. The highest BCUT2D eigenvalue weighted by Gasteiger charge is 2.28. The van der Waals surface area contributed by atoms with Crippen LogP contribution in [0.15, 0.2) is 0 Å². The molecule has 2 atom stereocenters. The summed E-state index contributed by atoms with van der Waals surface area (Å²) in [5, 5.41) is 2.89. The Labute approximate surface area is 121 Å². The van der Waals surface area contributed by atoms with E-state index in [0.29, 0.717) is 5.92 Å². The average Bonchev–Trinajstić information content (AvgIpc) is 2.38. The lowest BCUT2D eigenvalue weighted by molar-refractivity contribution is -0.141. The van der Waals surface area contributed by atoms with Crippen LogP contribution in [-0.2, 0) is 14.3 Å². The van der Waals surface area contributed by atoms with E-state index >= 15 is 0 Å². The minimum Gasteiger partial charge on any atom is -0.469 e. The molecule has 1 rings (SSSR count). The van der Waals surface area contributed by atoms with Gasteiger partial charge in [-0.05, 0) is 25.7 Å². The molecule has 1 aliphatic rings. The molecule has 6 heteroatoms. The monoisotopic (exact) mass is 292 g/mol. The lowest BCUT2D eigenvalue weighted by Gasteiger charge is -2.30. The molecule has 0 saturated heterocycles. The van der Waals surface area contributed by atoms with E-state index in [2.05, 4.69) is 5.32 Å². The number of hydrogen-bond acceptors (Lipinski definition) is 4. The molecule has 0 aromatic rings. The fraction of sp³-hybridized carbons (Fsp3) is 0.846. The van der Waals surface area contributed by atoms with Crippen LogP contribution in [0.1, 0.15) is 45.4 Å². The SMILES string of the molecule is COC(=O)CC(NC(=O)[C@@H](C)N)C1CCCCC1.Cl. The van der Waals surface area contributed by atoms with E-state index in [0.717, 1.165) is 25.7 Å². The van der Waals surface area contributed by atoms with Crippen LogP contribution in [0.25, 0.3) is 0 Å². The Hall–Kier alpha value is -0.810. The summed E-state index contributed by atoms with van der Waals surface area (Å²) in [4.78, 5) is 23.1. The molecule has 0 aliphatic heterocycles. The van der Waals surface area contributed by atoms with Gasteiger partial charge in [0.05, 0.1) is 19.6 Å². The van der Waals surface area contributed by atoms with Crippen molar-refractivity contribution in [2.45, 2.75) is 57.5 Å². The fourth-order valence-corrected chi connectivity index (χ4v) is 2.45. The molecule has 112 valence electrons. The van der Waals surface area contributed by atoms with Crippen molar-refractivity contribution >= 4 is 24.3 Å². The van der Waals surface area contributed by atoms with Crippen LogP contribution in [0.2, 0.25) is 0 Å². The van der Waals surface area contributed by atoms with Crippen LogP contribution >= 0.6 is 12.4 Å². The number of nitrogens with two attached hydrogens (primary N) is 1. The molecule has 0 aromatic heterocycles. The van der Waals surface area contributed by atoms with E-state index in [1.54, 1.807) is 6.92 Å². The number of carbonyl (C=O) groups is 2. The van der Waals surface area contributed by atoms with Gasteiger partial charge in [0, 0.05) is 6.04 Å². The van der Waals surface area contributed by atoms with Gasteiger partial charge in [-0.15, -0.1) is 12.4 Å². The second-order valence-corrected chi connectivity index (χ2v) is 5.08. The predicted octanol–water partition coefficient (Wildman–Crippen LogP) is 1.38. The maximum absolute atomic E-state index is 11.7. The summed E-state index contributed by atoms with van der Waals surface area (Å²) in [7, 11) is 1.37. The van der Waals surface area contributed by atoms with Crippen molar-refractivity contribution in [1.29, 1.82) is 0 Å². The largest absolute Gasteiger partial charge is 0.469 e. The molecular weight excluding hydrogens is 268 g/mol. The molecule has 3 N–H and O–H groups in total. The quantitative estimate of drug-likeness (QED) is 0.750. The van der Waals surface area contributed by atoms with E-state index in [1.165, 1.54) is 13.5 Å². The molecule has 1 unspecified atom stereocenters. The number of esters is 1. The van der Waals surface area contributed by atoms with Crippen LogP contribution in [0, 0.1) is 5.92 Å². The molecule has 1 saturated carbocycles. The Bertz CT molecular complexity index is 292. The van der Waals surface area contributed by atoms with Gasteiger partial charge in [0.25, 0.3) is 0 Å². The molecule has 1 amide bonds. The summed E-state index contributed by atoms with van der Waals surface area (Å²) in [5.74, 6) is -0.120. The van der Waals surface area contributed by atoms with Crippen molar-refractivity contribution in [1.82, 2.24) is 5.32 Å². The fourth-order valence-electron chi connectivity index (χ4n) is 2.45. The predicted molar refractivity (Wildman–Crippen MR) is 76.0 cm³/mol. The van der Waals surface area contributed by atoms with E-state index in [4.69, 9.17) is 10.5 Å². The highest BCUT2D eigenvalue weighted by molar-refractivity contribution is 5.85. The van der Waals surface area contributed by atoms with Gasteiger partial charge in [-0.3, -0.25) is 9.59 Å². The lowest BCUT2D eigenvalue weighted by Crippen LogP contribution is -2.48. The third-order valence-corrected chi connectivity index (χ3v) is 3.57. The number of halogens is 1. The topological polar surface area (TPSA) is 81.4 Å². The maximum Gasteiger partial charge on any atom is 0.307 e. The number of rotatable bonds is 5. The molecular formula is C13H25ClN2O3. The molecule has 0 heterocycles. The lowest BCUT2D eigenvalue weighted by atomic mass is 9.82. The Morgan fingerprint density at radius 3 is 2.37 bits per heavy atom. The minimum atomic E-state index is -0.547. The van der Waals surface area contributed by atoms with Gasteiger partial charge < -0.3 is 15.8 Å². The summed E-state index contributed by atoms with van der Waals surface area (Å²) in [6, 6.07) is -0.690. The zero-order valence-electron chi connectivity index (χ0n) is 11.7. The van der Waals surface area contributed by atoms with Crippen LogP contribution in [0.5, 0.6) is 0 Å². The van der Waals surface area contributed by atoms with E-state index < -0.39 is 6.04 Å². The van der Waals surface area contributed by atoms with Gasteiger partial charge in [-0.2, -0.15) is 0 Å². The number of nitrogens with one attached hydrogen (secondary N) is 1. The van der Waals surface area contributed by atoms with Crippen LogP contribution in [0.3, 0.4) is 0 Å². The zero-order valence-corrected chi connectivity index (χ0v) is 12.5. The number of hydrogen-bond donors (Lipinski definition) is 2. The van der Waals surface area contributed by atoms with Crippen LogP contribution in [0.4, 0.5) is 0 Å². The molecule has 19 heavy (non-hydrogen) atoms. The Kier molecular flexibility index (Phi) is 8.76. The first-order valence-corrected chi connectivity index (χ1v) is 6.67. The molecule has 5 nitrogen and oxygen atoms in total.